The maximum absolute atomic E-state index is 13.2. The molecule has 0 radical (unpaired) electrons. The van der Waals surface area contributed by atoms with Crippen LogP contribution in [0.2, 0.25) is 5.02 Å². The third kappa shape index (κ3) is 7.17. The maximum Gasteiger partial charge on any atom is 0.242 e. The van der Waals surface area contributed by atoms with E-state index in [1.165, 1.54) is 17.0 Å². The molecular formula is C23H28ClFN2O2. The molecule has 0 saturated carbocycles. The number of carbonyl (C=O) groups excluding carboxylic acids is 2. The number of hydrogen-bond donors (Lipinski definition) is 1. The molecule has 6 heteroatoms. The monoisotopic (exact) mass is 418 g/mol. The van der Waals surface area contributed by atoms with Gasteiger partial charge in [-0.05, 0) is 63.4 Å². The van der Waals surface area contributed by atoms with Crippen molar-refractivity contribution in [2.24, 2.45) is 0 Å². The molecule has 0 saturated heterocycles. The summed E-state index contributed by atoms with van der Waals surface area (Å²) in [6.07, 6.45) is 0.699. The van der Waals surface area contributed by atoms with Gasteiger partial charge in [-0.15, -0.1) is 0 Å². The fraction of sp³-hybridized carbons (Fsp3) is 0.391. The molecule has 156 valence electrons. The lowest BCUT2D eigenvalue weighted by molar-refractivity contribution is -0.141. The number of benzene rings is 2. The Morgan fingerprint density at radius 3 is 2.31 bits per heavy atom. The van der Waals surface area contributed by atoms with Gasteiger partial charge >= 0.3 is 0 Å². The number of nitrogens with zero attached hydrogens (tertiary/aromatic N) is 1. The van der Waals surface area contributed by atoms with Crippen molar-refractivity contribution in [3.05, 3.63) is 70.5 Å². The Hall–Kier alpha value is -2.40. The van der Waals surface area contributed by atoms with E-state index in [0.717, 1.165) is 11.1 Å². The molecule has 2 amide bonds. The Morgan fingerprint density at radius 2 is 1.72 bits per heavy atom. The van der Waals surface area contributed by atoms with E-state index >= 15 is 0 Å². The molecule has 0 aliphatic rings. The second-order valence-corrected chi connectivity index (χ2v) is 8.56. The first kappa shape index (κ1) is 22.9. The summed E-state index contributed by atoms with van der Waals surface area (Å²) >= 11 is 6.19. The average Bonchev–Trinajstić information content (AvgIpc) is 2.64. The van der Waals surface area contributed by atoms with Crippen molar-refractivity contribution in [2.45, 2.75) is 58.7 Å². The highest BCUT2D eigenvalue weighted by atomic mass is 35.5. The maximum atomic E-state index is 13.2. The summed E-state index contributed by atoms with van der Waals surface area (Å²) in [4.78, 5) is 27.3. The molecule has 2 rings (SSSR count). The molecule has 1 atom stereocenters. The normalized spacial score (nSPS) is 12.3. The van der Waals surface area contributed by atoms with Crippen LogP contribution in [-0.4, -0.2) is 28.3 Å². The van der Waals surface area contributed by atoms with Gasteiger partial charge in [-0.3, -0.25) is 9.59 Å². The van der Waals surface area contributed by atoms with Gasteiger partial charge in [0, 0.05) is 23.5 Å². The second-order valence-electron chi connectivity index (χ2n) is 8.15. The smallest absolute Gasteiger partial charge is 0.242 e. The topological polar surface area (TPSA) is 49.4 Å². The van der Waals surface area contributed by atoms with Gasteiger partial charge in [-0.25, -0.2) is 4.39 Å². The Morgan fingerprint density at radius 1 is 1.10 bits per heavy atom. The first-order valence-corrected chi connectivity index (χ1v) is 10.0. The van der Waals surface area contributed by atoms with Gasteiger partial charge in [-0.1, -0.05) is 41.9 Å². The summed E-state index contributed by atoms with van der Waals surface area (Å²) in [7, 11) is 0. The van der Waals surface area contributed by atoms with Crippen LogP contribution in [0.3, 0.4) is 0 Å². The molecule has 0 bridgehead atoms. The predicted molar refractivity (Wildman–Crippen MR) is 114 cm³/mol. The van der Waals surface area contributed by atoms with Crippen LogP contribution in [-0.2, 0) is 22.6 Å². The van der Waals surface area contributed by atoms with Crippen LogP contribution in [0.4, 0.5) is 4.39 Å². The minimum Gasteiger partial charge on any atom is -0.350 e. The first-order chi connectivity index (χ1) is 13.6. The van der Waals surface area contributed by atoms with E-state index in [4.69, 9.17) is 11.6 Å². The highest BCUT2D eigenvalue weighted by Crippen LogP contribution is 2.19. The Kier molecular flexibility index (Phi) is 7.80. The molecular weight excluding hydrogens is 391 g/mol. The molecule has 1 N–H and O–H groups in total. The summed E-state index contributed by atoms with van der Waals surface area (Å²) in [5.74, 6) is -0.736. The van der Waals surface area contributed by atoms with Gasteiger partial charge in [0.1, 0.15) is 11.9 Å². The predicted octanol–water partition coefficient (Wildman–Crippen LogP) is 4.74. The molecule has 0 heterocycles. The number of aryl methyl sites for hydroxylation is 1. The minimum atomic E-state index is -0.668. The van der Waals surface area contributed by atoms with Gasteiger partial charge in [-0.2, -0.15) is 0 Å². The fourth-order valence-electron chi connectivity index (χ4n) is 2.93. The number of nitrogens with one attached hydrogen (secondary N) is 1. The summed E-state index contributed by atoms with van der Waals surface area (Å²) in [6, 6.07) is 12.7. The van der Waals surface area contributed by atoms with Crippen LogP contribution in [0.25, 0.3) is 0 Å². The molecule has 0 unspecified atom stereocenters. The lowest BCUT2D eigenvalue weighted by Crippen LogP contribution is -2.52. The van der Waals surface area contributed by atoms with Crippen molar-refractivity contribution in [3.8, 4) is 0 Å². The van der Waals surface area contributed by atoms with Gasteiger partial charge in [0.15, 0.2) is 0 Å². The highest BCUT2D eigenvalue weighted by molar-refractivity contribution is 6.31. The van der Waals surface area contributed by atoms with Crippen LogP contribution < -0.4 is 5.32 Å². The van der Waals surface area contributed by atoms with Crippen LogP contribution >= 0.6 is 11.6 Å². The molecule has 29 heavy (non-hydrogen) atoms. The molecule has 0 aromatic heterocycles. The highest BCUT2D eigenvalue weighted by Gasteiger charge is 2.28. The summed E-state index contributed by atoms with van der Waals surface area (Å²) < 4.78 is 13.2. The van der Waals surface area contributed by atoms with Gasteiger partial charge < -0.3 is 10.2 Å². The van der Waals surface area contributed by atoms with Crippen molar-refractivity contribution < 1.29 is 14.0 Å². The molecule has 2 aromatic carbocycles. The van der Waals surface area contributed by atoms with E-state index in [9.17, 15) is 14.0 Å². The van der Waals surface area contributed by atoms with E-state index in [1.54, 1.807) is 25.1 Å². The third-order valence-corrected chi connectivity index (χ3v) is 4.87. The molecule has 0 fully saturated rings. The lowest BCUT2D eigenvalue weighted by Gasteiger charge is -2.31. The third-order valence-electron chi connectivity index (χ3n) is 4.50. The van der Waals surface area contributed by atoms with Crippen LogP contribution in [0.5, 0.6) is 0 Å². The van der Waals surface area contributed by atoms with Crippen molar-refractivity contribution >= 4 is 23.4 Å². The van der Waals surface area contributed by atoms with E-state index in [2.05, 4.69) is 5.32 Å². The first-order valence-electron chi connectivity index (χ1n) is 9.66. The number of hydrogen-bond acceptors (Lipinski definition) is 2. The molecule has 2 aromatic rings. The zero-order chi connectivity index (χ0) is 21.6. The van der Waals surface area contributed by atoms with Gasteiger partial charge in [0.25, 0.3) is 0 Å². The summed E-state index contributed by atoms with van der Waals surface area (Å²) in [5, 5.41) is 3.53. The van der Waals surface area contributed by atoms with Crippen LogP contribution in [0.1, 0.15) is 45.2 Å². The van der Waals surface area contributed by atoms with Crippen molar-refractivity contribution in [2.75, 3.05) is 0 Å². The zero-order valence-corrected chi connectivity index (χ0v) is 18.1. The molecule has 4 nitrogen and oxygen atoms in total. The summed E-state index contributed by atoms with van der Waals surface area (Å²) in [6.45, 7) is 7.60. The molecule has 0 spiro atoms. The fourth-order valence-corrected chi connectivity index (χ4v) is 3.16. The SMILES string of the molecule is C[C@H](C(=O)NC(C)(C)C)N(Cc1ccc(F)cc1)C(=O)CCc1ccccc1Cl. The lowest BCUT2D eigenvalue weighted by atomic mass is 10.1. The summed E-state index contributed by atoms with van der Waals surface area (Å²) in [5.41, 5.74) is 1.23. The standard InChI is InChI=1S/C23H28ClFN2O2/c1-16(22(29)26-23(2,3)4)27(15-17-9-12-19(25)13-10-17)21(28)14-11-18-7-5-6-8-20(18)24/h5-10,12-13,16H,11,14-15H2,1-4H3,(H,26,29)/t16-/m1/s1. The number of halogens is 2. The molecule has 0 aliphatic heterocycles. The second kappa shape index (κ2) is 9.88. The van der Waals surface area contributed by atoms with Crippen molar-refractivity contribution in [3.63, 3.8) is 0 Å². The van der Waals surface area contributed by atoms with E-state index in [1.807, 2.05) is 39.0 Å². The minimum absolute atomic E-state index is 0.161. The number of carbonyl (C=O) groups is 2. The molecule has 0 aliphatic carbocycles. The zero-order valence-electron chi connectivity index (χ0n) is 17.3. The average molecular weight is 419 g/mol. The van der Waals surface area contributed by atoms with Crippen molar-refractivity contribution in [1.82, 2.24) is 10.2 Å². The number of rotatable bonds is 7. The van der Waals surface area contributed by atoms with E-state index in [-0.39, 0.29) is 30.6 Å². The van der Waals surface area contributed by atoms with E-state index in [0.29, 0.717) is 11.4 Å². The largest absolute Gasteiger partial charge is 0.350 e. The Balaban J connectivity index is 2.18. The Bertz CT molecular complexity index is 847. The van der Waals surface area contributed by atoms with Crippen LogP contribution in [0.15, 0.2) is 48.5 Å². The van der Waals surface area contributed by atoms with Gasteiger partial charge in [0.2, 0.25) is 11.8 Å². The van der Waals surface area contributed by atoms with Crippen molar-refractivity contribution in [1.29, 1.82) is 0 Å². The van der Waals surface area contributed by atoms with Crippen LogP contribution in [0, 0.1) is 5.82 Å². The van der Waals surface area contributed by atoms with E-state index < -0.39 is 11.6 Å². The number of amides is 2. The Labute approximate surface area is 177 Å². The quantitative estimate of drug-likeness (QED) is 0.705. The van der Waals surface area contributed by atoms with Gasteiger partial charge in [0.05, 0.1) is 0 Å².